The first-order valence-corrected chi connectivity index (χ1v) is 5.70. The highest BCUT2D eigenvalue weighted by Gasteiger charge is 2.31. The maximum absolute atomic E-state index is 11.8. The maximum Gasteiger partial charge on any atom is 0.417 e. The van der Waals surface area contributed by atoms with Crippen molar-refractivity contribution in [1.82, 2.24) is 9.80 Å². The van der Waals surface area contributed by atoms with Gasteiger partial charge < -0.3 is 4.74 Å². The number of carbonyl (C=O) groups is 2. The van der Waals surface area contributed by atoms with E-state index >= 15 is 0 Å². The van der Waals surface area contributed by atoms with E-state index in [1.165, 1.54) is 4.90 Å². The van der Waals surface area contributed by atoms with E-state index in [2.05, 4.69) is 6.58 Å². The van der Waals surface area contributed by atoms with E-state index in [-0.39, 0.29) is 12.5 Å². The van der Waals surface area contributed by atoms with Crippen LogP contribution in [0.5, 0.6) is 0 Å². The van der Waals surface area contributed by atoms with Crippen LogP contribution in [0.1, 0.15) is 20.8 Å². The zero-order chi connectivity index (χ0) is 13.1. The molecule has 5 nitrogen and oxygen atoms in total. The Morgan fingerprint density at radius 1 is 1.47 bits per heavy atom. The molecule has 0 aromatic heterocycles. The summed E-state index contributed by atoms with van der Waals surface area (Å²) in [6.45, 7) is 10.9. The van der Waals surface area contributed by atoms with Crippen LogP contribution >= 0.6 is 0 Å². The van der Waals surface area contributed by atoms with Gasteiger partial charge in [0.2, 0.25) is 5.91 Å². The van der Waals surface area contributed by atoms with Gasteiger partial charge in [-0.15, -0.1) is 6.58 Å². The molecule has 17 heavy (non-hydrogen) atoms. The number of piperazine rings is 1. The van der Waals surface area contributed by atoms with Gasteiger partial charge in [0.05, 0.1) is 6.54 Å². The van der Waals surface area contributed by atoms with Crippen molar-refractivity contribution >= 4 is 12.0 Å². The van der Waals surface area contributed by atoms with Crippen molar-refractivity contribution in [2.45, 2.75) is 26.4 Å². The quantitative estimate of drug-likeness (QED) is 0.682. The van der Waals surface area contributed by atoms with Crippen LogP contribution in [-0.2, 0) is 9.53 Å². The highest BCUT2D eigenvalue weighted by molar-refractivity contribution is 5.93. The second-order valence-corrected chi connectivity index (χ2v) is 5.05. The van der Waals surface area contributed by atoms with Gasteiger partial charge >= 0.3 is 6.09 Å². The summed E-state index contributed by atoms with van der Waals surface area (Å²) < 4.78 is 5.17. The van der Waals surface area contributed by atoms with Crippen molar-refractivity contribution in [3.05, 3.63) is 12.7 Å². The summed E-state index contributed by atoms with van der Waals surface area (Å²) in [5.41, 5.74) is -0.574. The summed E-state index contributed by atoms with van der Waals surface area (Å²) in [4.78, 5) is 26.6. The summed E-state index contributed by atoms with van der Waals surface area (Å²) >= 11 is 0. The lowest BCUT2D eigenvalue weighted by Gasteiger charge is -2.33. The molecule has 0 N–H and O–H groups in total. The van der Waals surface area contributed by atoms with Crippen LogP contribution in [-0.4, -0.2) is 53.6 Å². The molecule has 2 amide bonds. The van der Waals surface area contributed by atoms with Gasteiger partial charge in [-0.25, -0.2) is 9.69 Å². The Kier molecular flexibility index (Phi) is 4.28. The van der Waals surface area contributed by atoms with Crippen LogP contribution in [0.2, 0.25) is 0 Å². The minimum absolute atomic E-state index is 0.215. The fraction of sp³-hybridized carbons (Fsp3) is 0.667. The third kappa shape index (κ3) is 4.19. The van der Waals surface area contributed by atoms with E-state index in [9.17, 15) is 9.59 Å². The topological polar surface area (TPSA) is 49.9 Å². The third-order valence-electron chi connectivity index (χ3n) is 2.30. The van der Waals surface area contributed by atoms with E-state index < -0.39 is 11.7 Å². The lowest BCUT2D eigenvalue weighted by Crippen LogP contribution is -2.53. The van der Waals surface area contributed by atoms with Gasteiger partial charge in [0.25, 0.3) is 0 Å². The summed E-state index contributed by atoms with van der Waals surface area (Å²) in [7, 11) is 0. The number of nitrogens with zero attached hydrogens (tertiary/aromatic N) is 2. The smallest absolute Gasteiger partial charge is 0.417 e. The van der Waals surface area contributed by atoms with Gasteiger partial charge in [0, 0.05) is 19.6 Å². The molecular weight excluding hydrogens is 220 g/mol. The molecule has 0 spiro atoms. The molecule has 0 aromatic carbocycles. The maximum atomic E-state index is 11.8. The van der Waals surface area contributed by atoms with Crippen LogP contribution in [0, 0.1) is 0 Å². The Bertz CT molecular complexity index is 320. The molecule has 0 unspecified atom stereocenters. The summed E-state index contributed by atoms with van der Waals surface area (Å²) in [6.07, 6.45) is 1.19. The molecule has 0 bridgehead atoms. The van der Waals surface area contributed by atoms with Crippen molar-refractivity contribution in [3.8, 4) is 0 Å². The average Bonchev–Trinajstić information content (AvgIpc) is 2.15. The molecule has 0 saturated carbocycles. The SMILES string of the molecule is C=CCN1CCN(C(=O)OC(C)(C)C)C(=O)C1. The predicted octanol–water partition coefficient (Wildman–Crippen LogP) is 1.25. The first-order chi connectivity index (χ1) is 7.83. The summed E-state index contributed by atoms with van der Waals surface area (Å²) in [5.74, 6) is -0.215. The molecule has 1 heterocycles. The summed E-state index contributed by atoms with van der Waals surface area (Å²) in [6, 6.07) is 0. The molecule has 1 rings (SSSR count). The number of carbonyl (C=O) groups excluding carboxylic acids is 2. The first-order valence-electron chi connectivity index (χ1n) is 5.70. The molecule has 1 saturated heterocycles. The largest absolute Gasteiger partial charge is 0.443 e. The number of ether oxygens (including phenoxy) is 1. The van der Waals surface area contributed by atoms with E-state index in [0.29, 0.717) is 19.6 Å². The Labute approximate surface area is 102 Å². The fourth-order valence-electron chi connectivity index (χ4n) is 1.57. The Morgan fingerprint density at radius 3 is 2.59 bits per heavy atom. The molecule has 0 aliphatic carbocycles. The second kappa shape index (κ2) is 5.31. The summed E-state index contributed by atoms with van der Waals surface area (Å²) in [5, 5.41) is 0. The number of hydrogen-bond acceptors (Lipinski definition) is 4. The highest BCUT2D eigenvalue weighted by Crippen LogP contribution is 2.12. The Balaban J connectivity index is 2.55. The van der Waals surface area contributed by atoms with E-state index in [4.69, 9.17) is 4.74 Å². The fourth-order valence-corrected chi connectivity index (χ4v) is 1.57. The van der Waals surface area contributed by atoms with Gasteiger partial charge in [0.15, 0.2) is 0 Å². The van der Waals surface area contributed by atoms with Gasteiger partial charge in [-0.3, -0.25) is 9.69 Å². The molecule has 0 aromatic rings. The van der Waals surface area contributed by atoms with E-state index in [1.807, 2.05) is 4.90 Å². The minimum atomic E-state index is -0.574. The number of imide groups is 1. The molecule has 1 aliphatic heterocycles. The second-order valence-electron chi connectivity index (χ2n) is 5.05. The van der Waals surface area contributed by atoms with E-state index in [1.54, 1.807) is 26.8 Å². The third-order valence-corrected chi connectivity index (χ3v) is 2.30. The molecule has 0 atom stereocenters. The zero-order valence-electron chi connectivity index (χ0n) is 10.7. The number of rotatable bonds is 2. The van der Waals surface area contributed by atoms with Crippen molar-refractivity contribution < 1.29 is 14.3 Å². The normalized spacial score (nSPS) is 18.1. The monoisotopic (exact) mass is 240 g/mol. The van der Waals surface area contributed by atoms with Crippen LogP contribution < -0.4 is 0 Å². The van der Waals surface area contributed by atoms with Gasteiger partial charge in [-0.2, -0.15) is 0 Å². The molecular formula is C12H20N2O3. The molecule has 1 aliphatic rings. The van der Waals surface area contributed by atoms with Crippen LogP contribution in [0.15, 0.2) is 12.7 Å². The van der Waals surface area contributed by atoms with Crippen LogP contribution in [0.3, 0.4) is 0 Å². The first kappa shape index (κ1) is 13.7. The van der Waals surface area contributed by atoms with Crippen molar-refractivity contribution in [2.24, 2.45) is 0 Å². The molecule has 0 radical (unpaired) electrons. The molecule has 96 valence electrons. The standard InChI is InChI=1S/C12H20N2O3/c1-5-6-13-7-8-14(10(15)9-13)11(16)17-12(2,3)4/h5H,1,6-9H2,2-4H3. The molecule has 5 heteroatoms. The zero-order valence-corrected chi connectivity index (χ0v) is 10.7. The lowest BCUT2D eigenvalue weighted by atomic mass is 10.2. The molecule has 1 fully saturated rings. The predicted molar refractivity (Wildman–Crippen MR) is 64.6 cm³/mol. The van der Waals surface area contributed by atoms with Crippen LogP contribution in [0.25, 0.3) is 0 Å². The van der Waals surface area contributed by atoms with Gasteiger partial charge in [0.1, 0.15) is 5.60 Å². The van der Waals surface area contributed by atoms with Gasteiger partial charge in [-0.1, -0.05) is 6.08 Å². The van der Waals surface area contributed by atoms with E-state index in [0.717, 1.165) is 0 Å². The van der Waals surface area contributed by atoms with Crippen molar-refractivity contribution in [3.63, 3.8) is 0 Å². The highest BCUT2D eigenvalue weighted by atomic mass is 16.6. The van der Waals surface area contributed by atoms with Crippen molar-refractivity contribution in [2.75, 3.05) is 26.2 Å². The lowest BCUT2D eigenvalue weighted by molar-refractivity contribution is -0.134. The van der Waals surface area contributed by atoms with Gasteiger partial charge in [-0.05, 0) is 20.8 Å². The number of amides is 2. The Morgan fingerprint density at radius 2 is 2.12 bits per heavy atom. The minimum Gasteiger partial charge on any atom is -0.443 e. The Hall–Kier alpha value is -1.36. The average molecular weight is 240 g/mol. The number of hydrogen-bond donors (Lipinski definition) is 0. The van der Waals surface area contributed by atoms with Crippen LogP contribution in [0.4, 0.5) is 4.79 Å². The van der Waals surface area contributed by atoms with Crippen molar-refractivity contribution in [1.29, 1.82) is 0 Å².